The first-order chi connectivity index (χ1) is 9.75. The van der Waals surface area contributed by atoms with Crippen LogP contribution in [0.3, 0.4) is 0 Å². The number of amides is 1. The van der Waals surface area contributed by atoms with Crippen LogP contribution in [0.4, 0.5) is 0 Å². The molecule has 3 heterocycles. The topological polar surface area (TPSA) is 59.2 Å². The van der Waals surface area contributed by atoms with Crippen molar-refractivity contribution in [2.45, 2.75) is 31.6 Å². The molecule has 6 heteroatoms. The fourth-order valence-electron chi connectivity index (χ4n) is 2.69. The van der Waals surface area contributed by atoms with Gasteiger partial charge in [0.25, 0.3) is 0 Å². The van der Waals surface area contributed by atoms with E-state index in [1.54, 1.807) is 11.3 Å². The zero-order valence-electron chi connectivity index (χ0n) is 11.4. The van der Waals surface area contributed by atoms with Gasteiger partial charge in [0.15, 0.2) is 6.33 Å². The highest BCUT2D eigenvalue weighted by Crippen LogP contribution is 2.31. The molecule has 2 atom stereocenters. The van der Waals surface area contributed by atoms with Crippen molar-refractivity contribution < 1.29 is 9.32 Å². The van der Waals surface area contributed by atoms with E-state index in [0.717, 1.165) is 25.9 Å². The number of nitrogens with zero attached hydrogens (tertiary/aromatic N) is 3. The Morgan fingerprint density at radius 2 is 2.50 bits per heavy atom. The molecule has 0 spiro atoms. The number of hydrogen-bond donors (Lipinski definition) is 0. The van der Waals surface area contributed by atoms with Crippen molar-refractivity contribution in [1.29, 1.82) is 0 Å². The molecule has 1 aliphatic heterocycles. The molecule has 0 saturated carbocycles. The van der Waals surface area contributed by atoms with Crippen molar-refractivity contribution >= 4 is 17.2 Å². The van der Waals surface area contributed by atoms with Crippen LogP contribution in [0.25, 0.3) is 0 Å². The van der Waals surface area contributed by atoms with Gasteiger partial charge < -0.3 is 9.42 Å². The van der Waals surface area contributed by atoms with Crippen LogP contribution in [-0.2, 0) is 4.79 Å². The van der Waals surface area contributed by atoms with Crippen molar-refractivity contribution in [3.63, 3.8) is 0 Å². The average molecular weight is 291 g/mol. The number of rotatable bonds is 3. The first-order valence-corrected chi connectivity index (χ1v) is 7.72. The Labute approximate surface area is 121 Å². The molecule has 0 aromatic carbocycles. The van der Waals surface area contributed by atoms with Crippen LogP contribution in [0.2, 0.25) is 0 Å². The molecule has 2 aromatic rings. The van der Waals surface area contributed by atoms with E-state index >= 15 is 0 Å². The fraction of sp³-hybridized carbons (Fsp3) is 0.500. The van der Waals surface area contributed by atoms with Gasteiger partial charge in [-0.1, -0.05) is 11.2 Å². The van der Waals surface area contributed by atoms with Crippen LogP contribution in [0.1, 0.15) is 42.4 Å². The lowest BCUT2D eigenvalue weighted by atomic mass is 9.95. The summed E-state index contributed by atoms with van der Waals surface area (Å²) in [4.78, 5) is 19.8. The van der Waals surface area contributed by atoms with Gasteiger partial charge in [-0.3, -0.25) is 4.79 Å². The standard InChI is InChI=1S/C14H17N3O2S/c1-10(13-15-9-16-19-13)14(18)17-6-2-4-11(8-17)12-5-3-7-20-12/h3,5,7,9-11H,2,4,6,8H2,1H3. The Morgan fingerprint density at radius 3 is 3.20 bits per heavy atom. The molecule has 0 aliphatic carbocycles. The molecule has 2 unspecified atom stereocenters. The normalized spacial score (nSPS) is 20.9. The minimum absolute atomic E-state index is 0.0792. The summed E-state index contributed by atoms with van der Waals surface area (Å²) in [6.07, 6.45) is 3.54. The Balaban J connectivity index is 1.69. The van der Waals surface area contributed by atoms with E-state index in [4.69, 9.17) is 4.52 Å². The molecule has 20 heavy (non-hydrogen) atoms. The monoisotopic (exact) mass is 291 g/mol. The molecular formula is C14H17N3O2S. The van der Waals surface area contributed by atoms with E-state index < -0.39 is 0 Å². The largest absolute Gasteiger partial charge is 0.341 e. The maximum Gasteiger partial charge on any atom is 0.238 e. The Morgan fingerprint density at radius 1 is 1.60 bits per heavy atom. The molecule has 0 bridgehead atoms. The second-order valence-corrected chi connectivity index (χ2v) is 6.12. The first-order valence-electron chi connectivity index (χ1n) is 6.84. The summed E-state index contributed by atoms with van der Waals surface area (Å²) in [6, 6.07) is 4.23. The lowest BCUT2D eigenvalue weighted by Crippen LogP contribution is -2.41. The number of hydrogen-bond acceptors (Lipinski definition) is 5. The third kappa shape index (κ3) is 2.60. The maximum atomic E-state index is 12.5. The lowest BCUT2D eigenvalue weighted by Gasteiger charge is -2.33. The van der Waals surface area contributed by atoms with Gasteiger partial charge in [0.05, 0.1) is 0 Å². The van der Waals surface area contributed by atoms with Gasteiger partial charge in [-0.05, 0) is 31.2 Å². The quantitative estimate of drug-likeness (QED) is 0.872. The predicted octanol–water partition coefficient (Wildman–Crippen LogP) is 2.64. The van der Waals surface area contributed by atoms with Crippen LogP contribution in [0.15, 0.2) is 28.4 Å². The van der Waals surface area contributed by atoms with Gasteiger partial charge in [-0.25, -0.2) is 0 Å². The lowest BCUT2D eigenvalue weighted by molar-refractivity contribution is -0.134. The SMILES string of the molecule is CC(C(=O)N1CCCC(c2cccs2)C1)c1ncno1. The van der Waals surface area contributed by atoms with Crippen LogP contribution in [0, 0.1) is 0 Å². The molecule has 1 aliphatic rings. The van der Waals surface area contributed by atoms with E-state index in [9.17, 15) is 4.79 Å². The van der Waals surface area contributed by atoms with Crippen LogP contribution >= 0.6 is 11.3 Å². The van der Waals surface area contributed by atoms with Gasteiger partial charge in [-0.2, -0.15) is 4.98 Å². The summed E-state index contributed by atoms with van der Waals surface area (Å²) < 4.78 is 5.00. The number of carbonyl (C=O) groups is 1. The van der Waals surface area contributed by atoms with Crippen molar-refractivity contribution in [3.05, 3.63) is 34.6 Å². The number of carbonyl (C=O) groups excluding carboxylic acids is 1. The zero-order chi connectivity index (χ0) is 13.9. The highest BCUT2D eigenvalue weighted by atomic mass is 32.1. The minimum Gasteiger partial charge on any atom is -0.341 e. The molecule has 3 rings (SSSR count). The second kappa shape index (κ2) is 5.75. The molecule has 0 radical (unpaired) electrons. The summed E-state index contributed by atoms with van der Waals surface area (Å²) >= 11 is 1.77. The molecule has 5 nitrogen and oxygen atoms in total. The Hall–Kier alpha value is -1.69. The van der Waals surface area contributed by atoms with Crippen molar-refractivity contribution in [3.8, 4) is 0 Å². The highest BCUT2D eigenvalue weighted by Gasteiger charge is 2.30. The van der Waals surface area contributed by atoms with Crippen molar-refractivity contribution in [2.75, 3.05) is 13.1 Å². The van der Waals surface area contributed by atoms with E-state index in [-0.39, 0.29) is 11.8 Å². The summed E-state index contributed by atoms with van der Waals surface area (Å²) in [5.74, 6) is 0.575. The van der Waals surface area contributed by atoms with Crippen LogP contribution < -0.4 is 0 Å². The van der Waals surface area contributed by atoms with Gasteiger partial charge in [0, 0.05) is 23.9 Å². The van der Waals surface area contributed by atoms with Crippen LogP contribution in [0.5, 0.6) is 0 Å². The predicted molar refractivity (Wildman–Crippen MR) is 75.6 cm³/mol. The number of aromatic nitrogens is 2. The first kappa shape index (κ1) is 13.3. The van der Waals surface area contributed by atoms with Gasteiger partial charge in [0.2, 0.25) is 11.8 Å². The fourth-order valence-corrected chi connectivity index (χ4v) is 3.54. The van der Waals surface area contributed by atoms with Gasteiger partial charge >= 0.3 is 0 Å². The van der Waals surface area contributed by atoms with Crippen molar-refractivity contribution in [2.24, 2.45) is 0 Å². The summed E-state index contributed by atoms with van der Waals surface area (Å²) in [5.41, 5.74) is 0. The summed E-state index contributed by atoms with van der Waals surface area (Å²) in [7, 11) is 0. The van der Waals surface area contributed by atoms with Gasteiger partial charge in [0.1, 0.15) is 5.92 Å². The zero-order valence-corrected chi connectivity index (χ0v) is 12.2. The molecule has 106 valence electrons. The van der Waals surface area contributed by atoms with E-state index in [1.807, 2.05) is 11.8 Å². The molecular weight excluding hydrogens is 274 g/mol. The minimum atomic E-state index is -0.361. The third-order valence-electron chi connectivity index (χ3n) is 3.80. The Kier molecular flexibility index (Phi) is 3.82. The smallest absolute Gasteiger partial charge is 0.238 e. The second-order valence-electron chi connectivity index (χ2n) is 5.14. The molecule has 2 aromatic heterocycles. The average Bonchev–Trinajstić information content (AvgIpc) is 3.18. The number of thiophene rings is 1. The number of piperidine rings is 1. The van der Waals surface area contributed by atoms with E-state index in [2.05, 4.69) is 27.7 Å². The molecule has 1 saturated heterocycles. The van der Waals surface area contributed by atoms with Crippen molar-refractivity contribution in [1.82, 2.24) is 15.0 Å². The van der Waals surface area contributed by atoms with Crippen LogP contribution in [-0.4, -0.2) is 34.0 Å². The van der Waals surface area contributed by atoms with E-state index in [0.29, 0.717) is 11.8 Å². The maximum absolute atomic E-state index is 12.5. The highest BCUT2D eigenvalue weighted by molar-refractivity contribution is 7.10. The third-order valence-corrected chi connectivity index (χ3v) is 4.83. The Bertz CT molecular complexity index is 553. The number of likely N-dealkylation sites (tertiary alicyclic amines) is 1. The molecule has 0 N–H and O–H groups in total. The molecule has 1 fully saturated rings. The van der Waals surface area contributed by atoms with E-state index in [1.165, 1.54) is 11.2 Å². The summed E-state index contributed by atoms with van der Waals surface area (Å²) in [6.45, 7) is 3.43. The summed E-state index contributed by atoms with van der Waals surface area (Å²) in [5, 5.41) is 5.67. The molecule has 1 amide bonds. The van der Waals surface area contributed by atoms with Gasteiger partial charge in [-0.15, -0.1) is 11.3 Å².